The first kappa shape index (κ1) is 18.6. The summed E-state index contributed by atoms with van der Waals surface area (Å²) in [5.74, 6) is 1.06. The molecule has 5 heteroatoms. The molecule has 3 rings (SSSR count). The Balaban J connectivity index is 1.46. The molecule has 0 aliphatic heterocycles. The fourth-order valence-corrected chi connectivity index (χ4v) is 3.80. The van der Waals surface area contributed by atoms with E-state index in [0.717, 1.165) is 36.9 Å². The van der Waals surface area contributed by atoms with Crippen LogP contribution in [0.4, 0.5) is 5.69 Å². The van der Waals surface area contributed by atoms with Crippen molar-refractivity contribution in [2.45, 2.75) is 44.6 Å². The van der Waals surface area contributed by atoms with E-state index in [9.17, 15) is 9.70 Å². The average molecular weight is 371 g/mol. The lowest BCUT2D eigenvalue weighted by Crippen LogP contribution is -2.20. The zero-order chi connectivity index (χ0) is 18.4. The summed E-state index contributed by atoms with van der Waals surface area (Å²) in [4.78, 5) is 22.6. The van der Waals surface area contributed by atoms with Gasteiger partial charge in [0.2, 0.25) is 5.91 Å². The van der Waals surface area contributed by atoms with Gasteiger partial charge < -0.3 is 5.32 Å². The van der Waals surface area contributed by atoms with E-state index in [4.69, 9.17) is 11.6 Å². The lowest BCUT2D eigenvalue weighted by atomic mass is 9.77. The third-order valence-corrected chi connectivity index (χ3v) is 5.40. The molecule has 26 heavy (non-hydrogen) atoms. The summed E-state index contributed by atoms with van der Waals surface area (Å²) in [6.07, 6.45) is 4.90. The molecule has 2 aromatic rings. The Labute approximate surface area is 158 Å². The molecule has 1 aliphatic rings. The van der Waals surface area contributed by atoms with Crippen molar-refractivity contribution in [3.63, 3.8) is 0 Å². The number of hydrogen-bond acceptors (Lipinski definition) is 3. The molecule has 1 amide bonds. The minimum atomic E-state index is 0.0708. The Morgan fingerprint density at radius 3 is 2.27 bits per heavy atom. The minimum Gasteiger partial charge on any atom is -0.326 e. The maximum Gasteiger partial charge on any atom is 0.224 e. The summed E-state index contributed by atoms with van der Waals surface area (Å²) >= 11 is 5.86. The highest BCUT2D eigenvalue weighted by atomic mass is 35.5. The average Bonchev–Trinajstić information content (AvgIpc) is 2.65. The Hall–Kier alpha value is -2.20. The molecule has 4 nitrogen and oxygen atoms in total. The summed E-state index contributed by atoms with van der Waals surface area (Å²) in [7, 11) is 0. The Morgan fingerprint density at radius 2 is 1.65 bits per heavy atom. The molecule has 136 valence electrons. The molecule has 0 aromatic heterocycles. The summed E-state index contributed by atoms with van der Waals surface area (Å²) in [6.45, 7) is 0.232. The zero-order valence-electron chi connectivity index (χ0n) is 14.7. The number of halogens is 1. The van der Waals surface area contributed by atoms with Crippen LogP contribution in [0.15, 0.2) is 53.7 Å². The summed E-state index contributed by atoms with van der Waals surface area (Å²) in [5, 5.41) is 6.53. The van der Waals surface area contributed by atoms with Crippen molar-refractivity contribution in [3.8, 4) is 0 Å². The number of nitroso groups, excluding NO2 is 1. The Kier molecular flexibility index (Phi) is 6.40. The van der Waals surface area contributed by atoms with Gasteiger partial charge in [0.15, 0.2) is 0 Å². The van der Waals surface area contributed by atoms with E-state index in [2.05, 4.69) is 22.6 Å². The highest BCUT2D eigenvalue weighted by Gasteiger charge is 2.24. The van der Waals surface area contributed by atoms with Gasteiger partial charge in [0.05, 0.1) is 0 Å². The first-order valence-corrected chi connectivity index (χ1v) is 9.45. The quantitative estimate of drug-likeness (QED) is 0.642. The van der Waals surface area contributed by atoms with Gasteiger partial charge in [-0.15, -0.1) is 0 Å². The summed E-state index contributed by atoms with van der Waals surface area (Å²) in [5.41, 5.74) is 3.07. The van der Waals surface area contributed by atoms with Crippen LogP contribution in [0.1, 0.15) is 49.1 Å². The normalized spacial score (nSPS) is 19.7. The van der Waals surface area contributed by atoms with E-state index in [1.165, 1.54) is 5.56 Å². The van der Waals surface area contributed by atoms with E-state index >= 15 is 0 Å². The number of carbonyl (C=O) groups is 1. The Morgan fingerprint density at radius 1 is 1.00 bits per heavy atom. The van der Waals surface area contributed by atoms with Gasteiger partial charge in [-0.05, 0) is 72.9 Å². The van der Waals surface area contributed by atoms with E-state index in [1.807, 2.05) is 24.3 Å². The molecule has 1 fully saturated rings. The first-order valence-electron chi connectivity index (χ1n) is 9.07. The number of amides is 1. The molecule has 0 spiro atoms. The lowest BCUT2D eigenvalue weighted by Gasteiger charge is -2.28. The summed E-state index contributed by atoms with van der Waals surface area (Å²) < 4.78 is 0. The van der Waals surface area contributed by atoms with Gasteiger partial charge in [0.25, 0.3) is 0 Å². The largest absolute Gasteiger partial charge is 0.326 e. The van der Waals surface area contributed by atoms with E-state index < -0.39 is 0 Å². The SMILES string of the molecule is O=NCc1ccc(C2CCC(CC(=O)Nc3ccc(Cl)cc3)CC2)cc1. The van der Waals surface area contributed by atoms with Crippen LogP contribution in [0, 0.1) is 10.8 Å². The zero-order valence-corrected chi connectivity index (χ0v) is 15.4. The van der Waals surface area contributed by atoms with Crippen LogP contribution in [0.5, 0.6) is 0 Å². The third kappa shape index (κ3) is 5.15. The maximum atomic E-state index is 12.2. The minimum absolute atomic E-state index is 0.0708. The topological polar surface area (TPSA) is 58.5 Å². The molecule has 0 heterocycles. The highest BCUT2D eigenvalue weighted by Crippen LogP contribution is 2.37. The smallest absolute Gasteiger partial charge is 0.224 e. The fraction of sp³-hybridized carbons (Fsp3) is 0.381. The van der Waals surface area contributed by atoms with Crippen molar-refractivity contribution in [3.05, 3.63) is 69.6 Å². The van der Waals surface area contributed by atoms with Gasteiger partial charge in [-0.1, -0.05) is 41.0 Å². The van der Waals surface area contributed by atoms with Crippen LogP contribution >= 0.6 is 11.6 Å². The maximum absolute atomic E-state index is 12.2. The van der Waals surface area contributed by atoms with Crippen molar-refractivity contribution in [2.24, 2.45) is 11.1 Å². The molecule has 1 aliphatic carbocycles. The molecular weight excluding hydrogens is 348 g/mol. The van der Waals surface area contributed by atoms with Crippen molar-refractivity contribution >= 4 is 23.2 Å². The molecule has 2 aromatic carbocycles. The van der Waals surface area contributed by atoms with Gasteiger partial charge in [0.1, 0.15) is 6.54 Å². The van der Waals surface area contributed by atoms with Crippen LogP contribution in [0.2, 0.25) is 5.02 Å². The van der Waals surface area contributed by atoms with Crippen molar-refractivity contribution in [1.29, 1.82) is 0 Å². The highest BCUT2D eigenvalue weighted by molar-refractivity contribution is 6.30. The summed E-state index contributed by atoms with van der Waals surface area (Å²) in [6, 6.07) is 15.4. The number of benzene rings is 2. The van der Waals surface area contributed by atoms with Gasteiger partial charge in [0, 0.05) is 17.1 Å². The van der Waals surface area contributed by atoms with Crippen LogP contribution in [0.25, 0.3) is 0 Å². The second-order valence-electron chi connectivity index (χ2n) is 7.01. The standard InChI is InChI=1S/C21H23ClN2O2/c22-19-9-11-20(12-10-19)24-21(25)13-15-1-5-17(6-2-15)18-7-3-16(4-8-18)14-23-26/h3-4,7-12,15,17H,1-2,5-6,13-14H2,(H,24,25). The lowest BCUT2D eigenvalue weighted by molar-refractivity contribution is -0.117. The molecule has 1 saturated carbocycles. The van der Waals surface area contributed by atoms with E-state index in [1.54, 1.807) is 12.1 Å². The third-order valence-electron chi connectivity index (χ3n) is 5.15. The van der Waals surface area contributed by atoms with Crippen LogP contribution in [-0.2, 0) is 11.3 Å². The predicted molar refractivity (Wildman–Crippen MR) is 105 cm³/mol. The number of rotatable bonds is 6. The van der Waals surface area contributed by atoms with Crippen LogP contribution in [0.3, 0.4) is 0 Å². The van der Waals surface area contributed by atoms with Crippen LogP contribution < -0.4 is 5.32 Å². The predicted octanol–water partition coefficient (Wildman–Crippen LogP) is 5.91. The van der Waals surface area contributed by atoms with Crippen molar-refractivity contribution in [1.82, 2.24) is 0 Å². The number of carbonyl (C=O) groups excluding carboxylic acids is 1. The van der Waals surface area contributed by atoms with Crippen LogP contribution in [-0.4, -0.2) is 5.91 Å². The van der Waals surface area contributed by atoms with Gasteiger partial charge >= 0.3 is 0 Å². The second-order valence-corrected chi connectivity index (χ2v) is 7.44. The second kappa shape index (κ2) is 8.95. The number of hydrogen-bond donors (Lipinski definition) is 1. The number of anilines is 1. The van der Waals surface area contributed by atoms with Gasteiger partial charge in [-0.25, -0.2) is 0 Å². The number of nitrogens with zero attached hydrogens (tertiary/aromatic N) is 1. The molecule has 0 unspecified atom stereocenters. The number of nitrogens with one attached hydrogen (secondary N) is 1. The molecule has 0 radical (unpaired) electrons. The van der Waals surface area contributed by atoms with Crippen molar-refractivity contribution in [2.75, 3.05) is 5.32 Å². The molecule has 0 atom stereocenters. The fourth-order valence-electron chi connectivity index (χ4n) is 3.68. The van der Waals surface area contributed by atoms with E-state index in [0.29, 0.717) is 23.3 Å². The van der Waals surface area contributed by atoms with Gasteiger partial charge in [-0.3, -0.25) is 4.79 Å². The molecule has 0 bridgehead atoms. The Bertz CT molecular complexity index is 736. The van der Waals surface area contributed by atoms with Gasteiger partial charge in [-0.2, -0.15) is 4.91 Å². The molecule has 1 N–H and O–H groups in total. The first-order chi connectivity index (χ1) is 12.6. The molecular formula is C21H23ClN2O2. The van der Waals surface area contributed by atoms with Crippen molar-refractivity contribution < 1.29 is 4.79 Å². The van der Waals surface area contributed by atoms with E-state index in [-0.39, 0.29) is 12.5 Å². The monoisotopic (exact) mass is 370 g/mol. The molecule has 0 saturated heterocycles.